The number of carbonyl (C=O) groups is 2. The molecule has 1 atom stereocenters. The molecule has 0 aliphatic carbocycles. The SMILES string of the molecule is N#Cc1ccc([C@H](CC(=O)O)NC(=O)c2cc(O)n(-c3ccccc3)n2)cc1. The number of nitrogens with zero attached hydrogens (tertiary/aromatic N) is 3. The summed E-state index contributed by atoms with van der Waals surface area (Å²) >= 11 is 0. The van der Waals surface area contributed by atoms with E-state index in [0.717, 1.165) is 0 Å². The van der Waals surface area contributed by atoms with Crippen molar-refractivity contribution in [2.45, 2.75) is 12.5 Å². The van der Waals surface area contributed by atoms with E-state index in [0.29, 0.717) is 16.8 Å². The molecular weight excluding hydrogens is 360 g/mol. The molecule has 0 fully saturated rings. The van der Waals surface area contributed by atoms with Gasteiger partial charge in [-0.15, -0.1) is 0 Å². The second-order valence-corrected chi connectivity index (χ2v) is 5.99. The summed E-state index contributed by atoms with van der Waals surface area (Å²) in [6.45, 7) is 0. The first-order valence-electron chi connectivity index (χ1n) is 8.35. The van der Waals surface area contributed by atoms with Crippen LogP contribution in [0.4, 0.5) is 0 Å². The lowest BCUT2D eigenvalue weighted by atomic mass is 10.0. The Kier molecular flexibility index (Phi) is 5.37. The molecule has 8 heteroatoms. The normalized spacial score (nSPS) is 11.4. The van der Waals surface area contributed by atoms with Gasteiger partial charge in [0.2, 0.25) is 5.88 Å². The molecule has 0 bridgehead atoms. The van der Waals surface area contributed by atoms with Crippen LogP contribution in [0, 0.1) is 11.3 Å². The molecule has 1 aromatic heterocycles. The van der Waals surface area contributed by atoms with Gasteiger partial charge in [-0.05, 0) is 29.8 Å². The van der Waals surface area contributed by atoms with E-state index < -0.39 is 17.9 Å². The van der Waals surface area contributed by atoms with E-state index in [4.69, 9.17) is 10.4 Å². The third-order valence-corrected chi connectivity index (χ3v) is 4.05. The van der Waals surface area contributed by atoms with Crippen molar-refractivity contribution >= 4 is 11.9 Å². The van der Waals surface area contributed by atoms with Gasteiger partial charge in [-0.3, -0.25) is 9.59 Å². The number of nitriles is 1. The van der Waals surface area contributed by atoms with Crippen molar-refractivity contribution in [1.29, 1.82) is 5.26 Å². The third-order valence-electron chi connectivity index (χ3n) is 4.05. The average molecular weight is 376 g/mol. The van der Waals surface area contributed by atoms with Crippen molar-refractivity contribution in [1.82, 2.24) is 15.1 Å². The number of aromatic hydroxyl groups is 1. The molecule has 8 nitrogen and oxygen atoms in total. The Morgan fingerprint density at radius 1 is 1.14 bits per heavy atom. The number of carboxylic acids is 1. The molecule has 0 aliphatic rings. The van der Waals surface area contributed by atoms with Crippen LogP contribution in [0.15, 0.2) is 60.7 Å². The Bertz CT molecular complexity index is 1040. The minimum absolute atomic E-state index is 0.0506. The molecule has 28 heavy (non-hydrogen) atoms. The molecule has 3 aromatic rings. The number of benzene rings is 2. The van der Waals surface area contributed by atoms with Gasteiger partial charge >= 0.3 is 5.97 Å². The molecule has 0 radical (unpaired) electrons. The number of rotatable bonds is 6. The lowest BCUT2D eigenvalue weighted by molar-refractivity contribution is -0.137. The monoisotopic (exact) mass is 376 g/mol. The summed E-state index contributed by atoms with van der Waals surface area (Å²) in [5.74, 6) is -1.93. The van der Waals surface area contributed by atoms with Crippen LogP contribution in [0.1, 0.15) is 34.1 Å². The van der Waals surface area contributed by atoms with Crippen LogP contribution < -0.4 is 5.32 Å². The highest BCUT2D eigenvalue weighted by Gasteiger charge is 2.22. The maximum absolute atomic E-state index is 12.6. The Morgan fingerprint density at radius 2 is 1.82 bits per heavy atom. The molecule has 2 aromatic carbocycles. The maximum atomic E-state index is 12.6. The van der Waals surface area contributed by atoms with Crippen LogP contribution in [0.2, 0.25) is 0 Å². The lowest BCUT2D eigenvalue weighted by Crippen LogP contribution is -2.30. The summed E-state index contributed by atoms with van der Waals surface area (Å²) < 4.78 is 1.21. The van der Waals surface area contributed by atoms with E-state index in [9.17, 15) is 14.7 Å². The Hall–Kier alpha value is -4.12. The number of hydrogen-bond donors (Lipinski definition) is 3. The van der Waals surface area contributed by atoms with Crippen molar-refractivity contribution in [2.75, 3.05) is 0 Å². The highest BCUT2D eigenvalue weighted by Crippen LogP contribution is 2.21. The van der Waals surface area contributed by atoms with Crippen molar-refractivity contribution < 1.29 is 19.8 Å². The number of hydrogen-bond acceptors (Lipinski definition) is 5. The molecule has 0 saturated heterocycles. The molecule has 1 heterocycles. The lowest BCUT2D eigenvalue weighted by Gasteiger charge is -2.16. The molecule has 0 saturated carbocycles. The summed E-state index contributed by atoms with van der Waals surface area (Å²) in [4.78, 5) is 23.8. The van der Waals surface area contributed by atoms with Crippen LogP contribution in [0.3, 0.4) is 0 Å². The van der Waals surface area contributed by atoms with Crippen molar-refractivity contribution in [2.24, 2.45) is 0 Å². The van der Waals surface area contributed by atoms with Crippen LogP contribution in [0.25, 0.3) is 5.69 Å². The number of carbonyl (C=O) groups excluding carboxylic acids is 1. The van der Waals surface area contributed by atoms with Gasteiger partial charge in [0, 0.05) is 6.07 Å². The summed E-state index contributed by atoms with van der Waals surface area (Å²) in [7, 11) is 0. The Morgan fingerprint density at radius 3 is 2.43 bits per heavy atom. The van der Waals surface area contributed by atoms with Crippen LogP contribution in [-0.2, 0) is 4.79 Å². The maximum Gasteiger partial charge on any atom is 0.305 e. The molecular formula is C20H16N4O4. The Balaban J connectivity index is 1.84. The number of nitrogens with one attached hydrogen (secondary N) is 1. The van der Waals surface area contributed by atoms with Gasteiger partial charge < -0.3 is 15.5 Å². The summed E-state index contributed by atoms with van der Waals surface area (Å²) in [5.41, 5.74) is 1.50. The van der Waals surface area contributed by atoms with Gasteiger partial charge in [-0.25, -0.2) is 4.68 Å². The fourth-order valence-corrected chi connectivity index (χ4v) is 2.69. The predicted molar refractivity (Wildman–Crippen MR) is 98.8 cm³/mol. The molecule has 1 amide bonds. The Labute approximate surface area is 160 Å². The second-order valence-electron chi connectivity index (χ2n) is 5.99. The van der Waals surface area contributed by atoms with Gasteiger partial charge in [0.1, 0.15) is 0 Å². The van der Waals surface area contributed by atoms with Crippen LogP contribution in [0.5, 0.6) is 5.88 Å². The first-order valence-corrected chi connectivity index (χ1v) is 8.35. The predicted octanol–water partition coefficient (Wildman–Crippen LogP) is 2.40. The molecule has 140 valence electrons. The largest absolute Gasteiger partial charge is 0.493 e. The molecule has 3 N–H and O–H groups in total. The number of aliphatic carboxylic acids is 1. The highest BCUT2D eigenvalue weighted by atomic mass is 16.4. The standard InChI is InChI=1S/C20H16N4O4/c21-12-13-6-8-14(9-7-13)16(11-19(26)27)22-20(28)17-10-18(25)24(23-17)15-4-2-1-3-5-15/h1-10,16,25H,11H2,(H,22,28)(H,26,27)/t16-/m0/s1. The highest BCUT2D eigenvalue weighted by molar-refractivity contribution is 5.93. The first-order chi connectivity index (χ1) is 13.5. The van der Waals surface area contributed by atoms with Crippen LogP contribution >= 0.6 is 0 Å². The number of aromatic nitrogens is 2. The van der Waals surface area contributed by atoms with E-state index in [1.54, 1.807) is 48.5 Å². The van der Waals surface area contributed by atoms with E-state index in [-0.39, 0.29) is 18.0 Å². The zero-order chi connectivity index (χ0) is 20.1. The third kappa shape index (κ3) is 4.16. The number of carboxylic acid groups (broad SMARTS) is 1. The van der Waals surface area contributed by atoms with E-state index >= 15 is 0 Å². The summed E-state index contributed by atoms with van der Waals surface area (Å²) in [6.07, 6.45) is -0.344. The quantitative estimate of drug-likeness (QED) is 0.606. The summed E-state index contributed by atoms with van der Waals surface area (Å²) in [6, 6.07) is 17.4. The average Bonchev–Trinajstić information content (AvgIpc) is 3.10. The minimum Gasteiger partial charge on any atom is -0.493 e. The van der Waals surface area contributed by atoms with Gasteiger partial charge in [-0.2, -0.15) is 10.4 Å². The topological polar surface area (TPSA) is 128 Å². The molecule has 0 unspecified atom stereocenters. The van der Waals surface area contributed by atoms with Gasteiger partial charge in [-0.1, -0.05) is 30.3 Å². The zero-order valence-corrected chi connectivity index (χ0v) is 14.6. The second kappa shape index (κ2) is 8.05. The van der Waals surface area contributed by atoms with E-state index in [1.807, 2.05) is 12.1 Å². The zero-order valence-electron chi connectivity index (χ0n) is 14.6. The molecule has 3 rings (SSSR count). The van der Waals surface area contributed by atoms with Crippen molar-refractivity contribution in [3.63, 3.8) is 0 Å². The van der Waals surface area contributed by atoms with Crippen molar-refractivity contribution in [3.05, 3.63) is 77.5 Å². The van der Waals surface area contributed by atoms with E-state index in [1.165, 1.54) is 10.7 Å². The van der Waals surface area contributed by atoms with Gasteiger partial charge in [0.25, 0.3) is 5.91 Å². The number of para-hydroxylation sites is 1. The smallest absolute Gasteiger partial charge is 0.305 e. The fraction of sp³-hybridized carbons (Fsp3) is 0.100. The fourth-order valence-electron chi connectivity index (χ4n) is 2.69. The minimum atomic E-state index is -1.09. The van der Waals surface area contributed by atoms with E-state index in [2.05, 4.69) is 10.4 Å². The van der Waals surface area contributed by atoms with Gasteiger partial charge in [0.05, 0.1) is 29.8 Å². The first kappa shape index (κ1) is 18.7. The summed E-state index contributed by atoms with van der Waals surface area (Å²) in [5, 5.41) is 34.8. The van der Waals surface area contributed by atoms with Gasteiger partial charge in [0.15, 0.2) is 5.69 Å². The number of amides is 1. The molecule has 0 aliphatic heterocycles. The van der Waals surface area contributed by atoms with Crippen LogP contribution in [-0.4, -0.2) is 31.9 Å². The van der Waals surface area contributed by atoms with Crippen molar-refractivity contribution in [3.8, 4) is 17.6 Å². The molecule has 0 spiro atoms.